The zero-order valence-corrected chi connectivity index (χ0v) is 14.9. The van der Waals surface area contributed by atoms with E-state index in [2.05, 4.69) is 48.8 Å². The molecule has 0 aliphatic carbocycles. The molecular formula is C18H20BrClO. The average Bonchev–Trinajstić information content (AvgIpc) is 2.49. The molecule has 112 valence electrons. The lowest BCUT2D eigenvalue weighted by Crippen LogP contribution is -2.15. The second kappa shape index (κ2) is 6.51. The third kappa shape index (κ3) is 3.50. The Bertz CT molecular complexity index is 620. The summed E-state index contributed by atoms with van der Waals surface area (Å²) in [6.45, 7) is 6.64. The number of halogens is 2. The minimum absolute atomic E-state index is 0.150. The molecule has 0 heterocycles. The highest BCUT2D eigenvalue weighted by Crippen LogP contribution is 2.34. The van der Waals surface area contributed by atoms with Gasteiger partial charge in [0.2, 0.25) is 0 Å². The summed E-state index contributed by atoms with van der Waals surface area (Å²) < 4.78 is 0.796. The minimum Gasteiger partial charge on any atom is -0.384 e. The quantitative estimate of drug-likeness (QED) is 0.716. The Labute approximate surface area is 140 Å². The predicted molar refractivity (Wildman–Crippen MR) is 93.0 cm³/mol. The van der Waals surface area contributed by atoms with Crippen molar-refractivity contribution in [3.63, 3.8) is 0 Å². The summed E-state index contributed by atoms with van der Waals surface area (Å²) in [6, 6.07) is 13.7. The average molecular weight is 368 g/mol. The summed E-state index contributed by atoms with van der Waals surface area (Å²) >= 11 is 9.65. The fourth-order valence-corrected chi connectivity index (χ4v) is 2.84. The van der Waals surface area contributed by atoms with Gasteiger partial charge >= 0.3 is 0 Å². The summed E-state index contributed by atoms with van der Waals surface area (Å²) in [4.78, 5) is 0. The van der Waals surface area contributed by atoms with Gasteiger partial charge in [-0.05, 0) is 45.0 Å². The lowest BCUT2D eigenvalue weighted by Gasteiger charge is -2.24. The van der Waals surface area contributed by atoms with Crippen molar-refractivity contribution in [2.24, 2.45) is 0 Å². The number of rotatable bonds is 4. The van der Waals surface area contributed by atoms with E-state index >= 15 is 0 Å². The van der Waals surface area contributed by atoms with E-state index in [9.17, 15) is 5.11 Å². The predicted octanol–water partition coefficient (Wildman–Crippen LogP) is 5.87. The van der Waals surface area contributed by atoms with Gasteiger partial charge in [-0.3, -0.25) is 0 Å². The van der Waals surface area contributed by atoms with Crippen molar-refractivity contribution in [1.82, 2.24) is 0 Å². The van der Waals surface area contributed by atoms with Crippen molar-refractivity contribution < 1.29 is 5.11 Å². The highest BCUT2D eigenvalue weighted by atomic mass is 79.9. The molecule has 0 spiro atoms. The molecule has 1 nitrogen and oxygen atoms in total. The first kappa shape index (κ1) is 16.5. The van der Waals surface area contributed by atoms with Gasteiger partial charge in [-0.2, -0.15) is 0 Å². The van der Waals surface area contributed by atoms with Gasteiger partial charge in [0, 0.05) is 10.0 Å². The van der Waals surface area contributed by atoms with E-state index in [0.29, 0.717) is 10.6 Å². The fraction of sp³-hybridized carbons (Fsp3) is 0.333. The van der Waals surface area contributed by atoms with Gasteiger partial charge < -0.3 is 5.11 Å². The summed E-state index contributed by atoms with van der Waals surface area (Å²) in [6.07, 6.45) is 0.362. The van der Waals surface area contributed by atoms with Crippen molar-refractivity contribution in [2.45, 2.75) is 38.7 Å². The van der Waals surface area contributed by atoms with E-state index in [1.54, 1.807) is 0 Å². The number of hydrogen-bond donors (Lipinski definition) is 1. The second-order valence-electron chi connectivity index (χ2n) is 5.91. The third-order valence-electron chi connectivity index (χ3n) is 4.17. The third-order valence-corrected chi connectivity index (χ3v) is 5.48. The van der Waals surface area contributed by atoms with Gasteiger partial charge in [0.05, 0.1) is 5.02 Å². The van der Waals surface area contributed by atoms with Crippen molar-refractivity contribution in [3.05, 3.63) is 68.7 Å². The first-order valence-corrected chi connectivity index (χ1v) is 8.26. The van der Waals surface area contributed by atoms with E-state index in [1.807, 2.05) is 30.3 Å². The van der Waals surface area contributed by atoms with Gasteiger partial charge in [-0.25, -0.2) is 0 Å². The molecule has 2 aromatic rings. The maximum absolute atomic E-state index is 10.5. The molecule has 3 heteroatoms. The van der Waals surface area contributed by atoms with Crippen LogP contribution < -0.4 is 0 Å². The molecule has 1 unspecified atom stereocenters. The molecule has 1 N–H and O–H groups in total. The molecular weight excluding hydrogens is 348 g/mol. The molecule has 0 saturated carbocycles. The first-order chi connectivity index (χ1) is 9.86. The zero-order chi connectivity index (χ0) is 15.6. The van der Waals surface area contributed by atoms with Crippen LogP contribution in [-0.4, -0.2) is 5.11 Å². The Kier molecular flexibility index (Phi) is 5.13. The Hall–Kier alpha value is -0.830. The van der Waals surface area contributed by atoms with Crippen molar-refractivity contribution in [1.29, 1.82) is 0 Å². The monoisotopic (exact) mass is 366 g/mol. The van der Waals surface area contributed by atoms with Crippen LogP contribution in [0.3, 0.4) is 0 Å². The minimum atomic E-state index is -0.714. The van der Waals surface area contributed by atoms with Crippen LogP contribution in [0, 0.1) is 0 Å². The molecule has 0 radical (unpaired) electrons. The fourth-order valence-electron chi connectivity index (χ4n) is 2.23. The van der Waals surface area contributed by atoms with E-state index in [-0.39, 0.29) is 5.41 Å². The van der Waals surface area contributed by atoms with Crippen molar-refractivity contribution >= 4 is 27.5 Å². The molecule has 2 aromatic carbocycles. The zero-order valence-electron chi connectivity index (χ0n) is 12.5. The van der Waals surface area contributed by atoms with Crippen LogP contribution in [0.25, 0.3) is 0 Å². The molecule has 0 amide bonds. The molecule has 0 aliphatic rings. The number of aliphatic hydroxyl groups excluding tert-OH is 1. The van der Waals surface area contributed by atoms with Gasteiger partial charge in [-0.1, -0.05) is 68.8 Å². The van der Waals surface area contributed by atoms with Gasteiger partial charge in [-0.15, -0.1) is 0 Å². The van der Waals surface area contributed by atoms with Crippen LogP contribution >= 0.6 is 27.5 Å². The number of hydrogen-bond acceptors (Lipinski definition) is 1. The first-order valence-electron chi connectivity index (χ1n) is 7.09. The van der Waals surface area contributed by atoms with Crippen LogP contribution in [-0.2, 0) is 5.41 Å². The largest absolute Gasteiger partial charge is 0.384 e. The SMILES string of the molecule is CCC(C)(C)c1ccc(C(O)c2cccc(Br)c2Cl)cc1. The summed E-state index contributed by atoms with van der Waals surface area (Å²) in [5.74, 6) is 0. The van der Waals surface area contributed by atoms with E-state index in [1.165, 1.54) is 5.56 Å². The second-order valence-corrected chi connectivity index (χ2v) is 7.14. The number of aliphatic hydroxyl groups is 1. The molecule has 0 aromatic heterocycles. The van der Waals surface area contributed by atoms with Crippen LogP contribution in [0.1, 0.15) is 50.0 Å². The topological polar surface area (TPSA) is 20.2 Å². The molecule has 21 heavy (non-hydrogen) atoms. The van der Waals surface area contributed by atoms with Crippen molar-refractivity contribution in [3.8, 4) is 0 Å². The van der Waals surface area contributed by atoms with Crippen LogP contribution in [0.15, 0.2) is 46.9 Å². The molecule has 0 saturated heterocycles. The highest BCUT2D eigenvalue weighted by molar-refractivity contribution is 9.10. The molecule has 2 rings (SSSR count). The molecule has 0 bridgehead atoms. The molecule has 0 aliphatic heterocycles. The van der Waals surface area contributed by atoms with Crippen molar-refractivity contribution in [2.75, 3.05) is 0 Å². The smallest absolute Gasteiger partial charge is 0.106 e. The van der Waals surface area contributed by atoms with Gasteiger partial charge in [0.15, 0.2) is 0 Å². The van der Waals surface area contributed by atoms with Gasteiger partial charge in [0.1, 0.15) is 6.10 Å². The summed E-state index contributed by atoms with van der Waals surface area (Å²) in [5.41, 5.74) is 3.00. The highest BCUT2D eigenvalue weighted by Gasteiger charge is 2.19. The lowest BCUT2D eigenvalue weighted by molar-refractivity contribution is 0.220. The summed E-state index contributed by atoms with van der Waals surface area (Å²) in [7, 11) is 0. The van der Waals surface area contributed by atoms with Crippen LogP contribution in [0.4, 0.5) is 0 Å². The Morgan fingerprint density at radius 2 is 1.76 bits per heavy atom. The Morgan fingerprint density at radius 1 is 1.14 bits per heavy atom. The van der Waals surface area contributed by atoms with Gasteiger partial charge in [0.25, 0.3) is 0 Å². The standard InChI is InChI=1S/C18H20BrClO/c1-4-18(2,3)13-10-8-12(9-11-13)17(21)14-6-5-7-15(19)16(14)20/h5-11,17,21H,4H2,1-3H3. The maximum Gasteiger partial charge on any atom is 0.106 e. The van der Waals surface area contributed by atoms with Crippen LogP contribution in [0.2, 0.25) is 5.02 Å². The Balaban J connectivity index is 2.32. The normalized spacial score (nSPS) is 13.2. The number of benzene rings is 2. The summed E-state index contributed by atoms with van der Waals surface area (Å²) in [5, 5.41) is 11.1. The molecule has 1 atom stereocenters. The maximum atomic E-state index is 10.5. The van der Waals surface area contributed by atoms with E-state index in [0.717, 1.165) is 16.5 Å². The van der Waals surface area contributed by atoms with E-state index < -0.39 is 6.10 Å². The molecule has 0 fully saturated rings. The lowest BCUT2D eigenvalue weighted by atomic mass is 9.81. The Morgan fingerprint density at radius 3 is 2.33 bits per heavy atom. The van der Waals surface area contributed by atoms with Crippen LogP contribution in [0.5, 0.6) is 0 Å². The van der Waals surface area contributed by atoms with E-state index in [4.69, 9.17) is 11.6 Å².